The molecule has 258 valence electrons. The Balaban J connectivity index is 1.54. The lowest BCUT2D eigenvalue weighted by Crippen LogP contribution is -2.50. The van der Waals surface area contributed by atoms with Crippen molar-refractivity contribution in [2.75, 3.05) is 72.0 Å². The number of halogens is 6. The van der Waals surface area contributed by atoms with Crippen LogP contribution >= 0.6 is 0 Å². The van der Waals surface area contributed by atoms with Crippen LogP contribution in [0.15, 0.2) is 42.5 Å². The van der Waals surface area contributed by atoms with Gasteiger partial charge in [0.15, 0.2) is 0 Å². The number of hydrogen-bond acceptors (Lipinski definition) is 4. The van der Waals surface area contributed by atoms with Gasteiger partial charge in [0.1, 0.15) is 0 Å². The fourth-order valence-electron chi connectivity index (χ4n) is 6.82. The minimum absolute atomic E-state index is 0.0983. The largest absolute Gasteiger partial charge is 0.416 e. The summed E-state index contributed by atoms with van der Waals surface area (Å²) in [6, 6.07) is 8.96. The van der Waals surface area contributed by atoms with Crippen LogP contribution < -0.4 is 0 Å². The average Bonchev–Trinajstić information content (AvgIpc) is 2.94. The third-order valence-electron chi connectivity index (χ3n) is 8.92. The Hall–Kier alpha value is -2.14. The lowest BCUT2D eigenvalue weighted by atomic mass is 9.90. The molecule has 0 amide bonds. The molecule has 0 aliphatic carbocycles. The van der Waals surface area contributed by atoms with E-state index in [1.807, 2.05) is 6.07 Å². The highest BCUT2D eigenvalue weighted by molar-refractivity contribution is 5.38. The topological polar surface area (TPSA) is 13.0 Å². The van der Waals surface area contributed by atoms with Crippen LogP contribution in [0.2, 0.25) is 0 Å². The van der Waals surface area contributed by atoms with Crippen LogP contribution in [0.4, 0.5) is 26.3 Å². The number of hydrogen-bond donors (Lipinski definition) is 0. The summed E-state index contributed by atoms with van der Waals surface area (Å²) in [6.07, 6.45) is -8.31. The summed E-state index contributed by atoms with van der Waals surface area (Å²) < 4.78 is 83.9. The zero-order chi connectivity index (χ0) is 33.9. The van der Waals surface area contributed by atoms with Gasteiger partial charge in [0, 0.05) is 78.0 Å². The highest BCUT2D eigenvalue weighted by atomic mass is 19.4. The molecule has 4 rings (SSSR count). The molecule has 0 radical (unpaired) electrons. The van der Waals surface area contributed by atoms with Crippen molar-refractivity contribution in [2.45, 2.75) is 72.8 Å². The second kappa shape index (κ2) is 14.5. The number of nitrogens with zero attached hydrogens (tertiary/aromatic N) is 4. The number of rotatable bonds is 9. The predicted molar refractivity (Wildman–Crippen MR) is 173 cm³/mol. The monoisotopic (exact) mass is 654 g/mol. The minimum Gasteiger partial charge on any atom is -0.300 e. The van der Waals surface area contributed by atoms with Crippen LogP contribution in [0.5, 0.6) is 0 Å². The Morgan fingerprint density at radius 1 is 0.587 bits per heavy atom. The van der Waals surface area contributed by atoms with E-state index in [1.54, 1.807) is 6.07 Å². The molecule has 2 aliphatic heterocycles. The van der Waals surface area contributed by atoms with Gasteiger partial charge in [-0.3, -0.25) is 4.90 Å². The maximum Gasteiger partial charge on any atom is 0.416 e. The van der Waals surface area contributed by atoms with Crippen molar-refractivity contribution < 1.29 is 26.3 Å². The molecule has 0 saturated carbocycles. The molecular formula is C36H52F6N4. The minimum atomic E-state index is -4.56. The number of benzene rings is 2. The Morgan fingerprint density at radius 3 is 1.54 bits per heavy atom. The summed E-state index contributed by atoms with van der Waals surface area (Å²) in [5.74, 6) is 0. The molecule has 2 aromatic carbocycles. The van der Waals surface area contributed by atoms with Gasteiger partial charge in [-0.2, -0.15) is 26.3 Å². The average molecular weight is 655 g/mol. The van der Waals surface area contributed by atoms with Crippen molar-refractivity contribution in [1.82, 2.24) is 19.6 Å². The van der Waals surface area contributed by atoms with Crippen molar-refractivity contribution in [3.63, 3.8) is 0 Å². The molecule has 2 aromatic rings. The van der Waals surface area contributed by atoms with Crippen LogP contribution in [0.3, 0.4) is 0 Å². The summed E-state index contributed by atoms with van der Waals surface area (Å²) in [5, 5.41) is 0. The van der Waals surface area contributed by atoms with E-state index < -0.39 is 29.5 Å². The van der Waals surface area contributed by atoms with Crippen molar-refractivity contribution >= 4 is 0 Å². The SMILES string of the molecule is CC(C)(C)CN1CCN(CCc2ccc(C(Cc3ccc(C(F)(F)F)cc3)N3CCN(CC(C)(C)C)CC3)c(C(F)(F)F)c2)CC1. The van der Waals surface area contributed by atoms with Gasteiger partial charge >= 0.3 is 12.4 Å². The summed E-state index contributed by atoms with van der Waals surface area (Å²) >= 11 is 0. The van der Waals surface area contributed by atoms with Gasteiger partial charge in [0.2, 0.25) is 0 Å². The zero-order valence-corrected chi connectivity index (χ0v) is 28.4. The smallest absolute Gasteiger partial charge is 0.300 e. The molecule has 0 aromatic heterocycles. The van der Waals surface area contributed by atoms with E-state index >= 15 is 0 Å². The Bertz CT molecular complexity index is 1240. The Labute approximate surface area is 271 Å². The van der Waals surface area contributed by atoms with Crippen LogP contribution in [-0.2, 0) is 25.2 Å². The van der Waals surface area contributed by atoms with Crippen molar-refractivity contribution in [3.05, 3.63) is 70.3 Å². The summed E-state index contributed by atoms with van der Waals surface area (Å²) in [7, 11) is 0. The number of piperazine rings is 2. The van der Waals surface area contributed by atoms with Gasteiger partial charge in [0.05, 0.1) is 11.1 Å². The molecular weight excluding hydrogens is 602 g/mol. The van der Waals surface area contributed by atoms with Crippen molar-refractivity contribution in [3.8, 4) is 0 Å². The van der Waals surface area contributed by atoms with Gasteiger partial charge in [-0.05, 0) is 58.6 Å². The maximum absolute atomic E-state index is 14.7. The second-order valence-corrected chi connectivity index (χ2v) is 15.6. The quantitative estimate of drug-likeness (QED) is 0.255. The maximum atomic E-state index is 14.7. The molecule has 4 nitrogen and oxygen atoms in total. The van der Waals surface area contributed by atoms with Gasteiger partial charge < -0.3 is 14.7 Å². The lowest BCUT2D eigenvalue weighted by Gasteiger charge is -2.42. The molecule has 2 saturated heterocycles. The highest BCUT2D eigenvalue weighted by Crippen LogP contribution is 2.39. The van der Waals surface area contributed by atoms with Crippen LogP contribution in [0, 0.1) is 10.8 Å². The molecule has 46 heavy (non-hydrogen) atoms. The highest BCUT2D eigenvalue weighted by Gasteiger charge is 2.38. The summed E-state index contributed by atoms with van der Waals surface area (Å²) in [4.78, 5) is 9.19. The predicted octanol–water partition coefficient (Wildman–Crippen LogP) is 7.88. The molecule has 2 aliphatic rings. The molecule has 10 heteroatoms. The molecule has 0 bridgehead atoms. The van der Waals surface area contributed by atoms with Crippen LogP contribution in [0.25, 0.3) is 0 Å². The number of alkyl halides is 6. The summed E-state index contributed by atoms with van der Waals surface area (Å²) in [6.45, 7) is 22.1. The molecule has 2 heterocycles. The molecule has 0 N–H and O–H groups in total. The van der Waals surface area contributed by atoms with Gasteiger partial charge in [-0.15, -0.1) is 0 Å². The van der Waals surface area contributed by atoms with Crippen molar-refractivity contribution in [2.24, 2.45) is 10.8 Å². The van der Waals surface area contributed by atoms with Crippen molar-refractivity contribution in [1.29, 1.82) is 0 Å². The van der Waals surface area contributed by atoms with E-state index in [2.05, 4.69) is 61.1 Å². The first-order valence-corrected chi connectivity index (χ1v) is 16.5. The van der Waals surface area contributed by atoms with E-state index in [-0.39, 0.29) is 22.8 Å². The van der Waals surface area contributed by atoms with Gasteiger partial charge in [-0.25, -0.2) is 0 Å². The molecule has 1 atom stereocenters. The fraction of sp³-hybridized carbons (Fsp3) is 0.667. The Kier molecular flexibility index (Phi) is 11.6. The van der Waals surface area contributed by atoms with E-state index in [0.29, 0.717) is 37.2 Å². The van der Waals surface area contributed by atoms with Gasteiger partial charge in [-0.1, -0.05) is 65.8 Å². The summed E-state index contributed by atoms with van der Waals surface area (Å²) in [5.41, 5.74) is 0.336. The first kappa shape index (κ1) is 36.7. The van der Waals surface area contributed by atoms with Crippen LogP contribution in [0.1, 0.15) is 75.4 Å². The van der Waals surface area contributed by atoms with Crippen LogP contribution in [-0.4, -0.2) is 91.6 Å². The Morgan fingerprint density at radius 2 is 1.07 bits per heavy atom. The van der Waals surface area contributed by atoms with E-state index in [0.717, 1.165) is 64.5 Å². The molecule has 0 spiro atoms. The molecule has 1 unspecified atom stereocenters. The van der Waals surface area contributed by atoms with E-state index in [9.17, 15) is 26.3 Å². The van der Waals surface area contributed by atoms with E-state index in [4.69, 9.17) is 0 Å². The van der Waals surface area contributed by atoms with Gasteiger partial charge in [0.25, 0.3) is 0 Å². The fourth-order valence-corrected chi connectivity index (χ4v) is 6.82. The first-order valence-electron chi connectivity index (χ1n) is 16.5. The van der Waals surface area contributed by atoms with E-state index in [1.165, 1.54) is 18.2 Å². The standard InChI is InChI=1S/C36H52F6N4/c1-33(2,3)25-44-17-15-43(16-18-44)14-13-28-9-12-30(31(23-28)36(40,41)42)32(24-27-7-10-29(11-8-27)35(37,38)39)46-21-19-45(20-22-46)26-34(4,5)6/h7-12,23,32H,13-22,24-26H2,1-6H3. The third-order valence-corrected chi connectivity index (χ3v) is 8.92. The second-order valence-electron chi connectivity index (χ2n) is 15.6. The normalized spacial score (nSPS) is 19.5. The zero-order valence-electron chi connectivity index (χ0n) is 28.4. The third kappa shape index (κ3) is 11.0. The first-order chi connectivity index (χ1) is 21.3. The lowest BCUT2D eigenvalue weighted by molar-refractivity contribution is -0.139. The molecule has 2 fully saturated rings.